The molecule has 2 aromatic rings. The summed E-state index contributed by atoms with van der Waals surface area (Å²) in [6, 6.07) is 13.0. The molecule has 1 unspecified atom stereocenters. The van der Waals surface area contributed by atoms with Crippen LogP contribution in [0, 0.1) is 12.8 Å². The van der Waals surface area contributed by atoms with Crippen LogP contribution in [-0.4, -0.2) is 67.7 Å². The van der Waals surface area contributed by atoms with Gasteiger partial charge in [-0.05, 0) is 81.8 Å². The van der Waals surface area contributed by atoms with Crippen molar-refractivity contribution in [3.63, 3.8) is 0 Å². The number of benzene rings is 2. The molecule has 1 atom stereocenters. The summed E-state index contributed by atoms with van der Waals surface area (Å²) in [7, 11) is 5.10. The molecule has 0 radical (unpaired) electrons. The Morgan fingerprint density at radius 3 is 2.38 bits per heavy atom. The summed E-state index contributed by atoms with van der Waals surface area (Å²) in [6.07, 6.45) is 5.74. The largest absolute Gasteiger partial charge is 0.495 e. The normalized spacial score (nSPS) is 20.9. The summed E-state index contributed by atoms with van der Waals surface area (Å²) in [6.45, 7) is 2.67. The van der Waals surface area contributed by atoms with Crippen molar-refractivity contribution < 1.29 is 23.9 Å². The highest BCUT2D eigenvalue weighted by atomic mass is 16.5. The van der Waals surface area contributed by atoms with E-state index < -0.39 is 0 Å². The van der Waals surface area contributed by atoms with Gasteiger partial charge in [0.2, 0.25) is 5.91 Å². The van der Waals surface area contributed by atoms with Crippen LogP contribution < -0.4 is 15.4 Å². The number of methoxy groups -OCH3 is 2. The molecule has 3 amide bonds. The average molecular weight is 537 g/mol. The third kappa shape index (κ3) is 6.89. The van der Waals surface area contributed by atoms with E-state index in [1.165, 1.54) is 7.11 Å². The number of hydrogen-bond donors (Lipinski definition) is 2. The van der Waals surface area contributed by atoms with E-state index in [1.54, 1.807) is 13.2 Å². The molecule has 1 aliphatic heterocycles. The minimum Gasteiger partial charge on any atom is -0.495 e. The molecule has 39 heavy (non-hydrogen) atoms. The molecule has 210 valence electrons. The van der Waals surface area contributed by atoms with E-state index in [0.717, 1.165) is 61.9 Å². The van der Waals surface area contributed by atoms with Crippen molar-refractivity contribution in [1.29, 1.82) is 0 Å². The monoisotopic (exact) mass is 536 g/mol. The second-order valence-electron chi connectivity index (χ2n) is 10.5. The summed E-state index contributed by atoms with van der Waals surface area (Å²) in [5.41, 5.74) is 3.06. The van der Waals surface area contributed by atoms with Crippen LogP contribution in [0.3, 0.4) is 0 Å². The van der Waals surface area contributed by atoms with Gasteiger partial charge in [0.15, 0.2) is 0 Å². The Morgan fingerprint density at radius 2 is 1.69 bits per heavy atom. The summed E-state index contributed by atoms with van der Waals surface area (Å²) in [4.78, 5) is 42.2. The molecule has 9 nitrogen and oxygen atoms in total. The SMILES string of the molecule is COc1cc(CC(=O)N2CCCC2N(C)[C@H]2CC[C@@H](C(=O)OC)CC2)ccc1NC(=O)Nc1ccccc1C. The molecule has 0 aromatic heterocycles. The molecule has 2 N–H and O–H groups in total. The molecule has 1 saturated carbocycles. The fourth-order valence-corrected chi connectivity index (χ4v) is 5.81. The lowest BCUT2D eigenvalue weighted by Gasteiger charge is -2.40. The quantitative estimate of drug-likeness (QED) is 0.470. The van der Waals surface area contributed by atoms with E-state index in [0.29, 0.717) is 17.5 Å². The van der Waals surface area contributed by atoms with Gasteiger partial charge in [0, 0.05) is 18.3 Å². The number of urea groups is 1. The molecule has 2 aromatic carbocycles. The number of likely N-dealkylation sites (tertiary alicyclic amines) is 1. The molecule has 2 aliphatic rings. The lowest BCUT2D eigenvalue weighted by Crippen LogP contribution is -2.51. The first-order chi connectivity index (χ1) is 18.8. The molecule has 0 bridgehead atoms. The van der Waals surface area contributed by atoms with Crippen LogP contribution in [0.2, 0.25) is 0 Å². The Morgan fingerprint density at radius 1 is 0.974 bits per heavy atom. The third-order valence-corrected chi connectivity index (χ3v) is 8.08. The second kappa shape index (κ2) is 13.0. The van der Waals surface area contributed by atoms with Crippen LogP contribution in [0.1, 0.15) is 49.7 Å². The maximum atomic E-state index is 13.4. The summed E-state index contributed by atoms with van der Waals surface area (Å²) in [5, 5.41) is 5.69. The van der Waals surface area contributed by atoms with Gasteiger partial charge in [-0.1, -0.05) is 24.3 Å². The highest BCUT2D eigenvalue weighted by Gasteiger charge is 2.37. The van der Waals surface area contributed by atoms with Crippen molar-refractivity contribution in [3.05, 3.63) is 53.6 Å². The minimum absolute atomic E-state index is 0.0121. The second-order valence-corrected chi connectivity index (χ2v) is 10.5. The lowest BCUT2D eigenvalue weighted by molar-refractivity contribution is -0.147. The number of esters is 1. The van der Waals surface area contributed by atoms with Crippen LogP contribution in [0.25, 0.3) is 0 Å². The van der Waals surface area contributed by atoms with E-state index in [-0.39, 0.29) is 36.4 Å². The maximum Gasteiger partial charge on any atom is 0.323 e. The maximum absolute atomic E-state index is 13.4. The van der Waals surface area contributed by atoms with Gasteiger partial charge >= 0.3 is 12.0 Å². The third-order valence-electron chi connectivity index (χ3n) is 8.08. The molecule has 1 heterocycles. The van der Waals surface area contributed by atoms with Gasteiger partial charge in [-0.2, -0.15) is 0 Å². The highest BCUT2D eigenvalue weighted by Crippen LogP contribution is 2.32. The predicted molar refractivity (Wildman–Crippen MR) is 151 cm³/mol. The first-order valence-electron chi connectivity index (χ1n) is 13.7. The topological polar surface area (TPSA) is 100 Å². The minimum atomic E-state index is -0.366. The smallest absolute Gasteiger partial charge is 0.323 e. The Hall–Kier alpha value is -3.59. The number of rotatable bonds is 8. The molecule has 1 aliphatic carbocycles. The van der Waals surface area contributed by atoms with Crippen LogP contribution in [-0.2, 0) is 20.7 Å². The van der Waals surface area contributed by atoms with Crippen molar-refractivity contribution in [2.45, 2.75) is 64.1 Å². The number of nitrogens with one attached hydrogen (secondary N) is 2. The van der Waals surface area contributed by atoms with Crippen molar-refractivity contribution >= 4 is 29.3 Å². The zero-order valence-electron chi connectivity index (χ0n) is 23.4. The van der Waals surface area contributed by atoms with Gasteiger partial charge < -0.3 is 25.0 Å². The number of amides is 3. The van der Waals surface area contributed by atoms with Crippen LogP contribution in [0.5, 0.6) is 5.75 Å². The van der Waals surface area contributed by atoms with Gasteiger partial charge in [-0.15, -0.1) is 0 Å². The molecule has 4 rings (SSSR count). The summed E-state index contributed by atoms with van der Waals surface area (Å²) >= 11 is 0. The number of para-hydroxylation sites is 1. The number of anilines is 2. The lowest BCUT2D eigenvalue weighted by atomic mass is 9.85. The van der Waals surface area contributed by atoms with Crippen LogP contribution in [0.15, 0.2) is 42.5 Å². The molecule has 2 fully saturated rings. The first-order valence-corrected chi connectivity index (χ1v) is 13.7. The van der Waals surface area contributed by atoms with Crippen molar-refractivity contribution in [2.75, 3.05) is 38.4 Å². The number of hydrogen-bond acceptors (Lipinski definition) is 6. The van der Waals surface area contributed by atoms with Crippen molar-refractivity contribution in [2.24, 2.45) is 5.92 Å². The number of carbonyl (C=O) groups is 3. The summed E-state index contributed by atoms with van der Waals surface area (Å²) < 4.78 is 10.5. The number of nitrogens with zero attached hydrogens (tertiary/aromatic N) is 2. The van der Waals surface area contributed by atoms with Gasteiger partial charge in [0.05, 0.1) is 38.4 Å². The molecule has 9 heteroatoms. The Labute approximate surface area is 230 Å². The molecule has 0 spiro atoms. The van der Waals surface area contributed by atoms with E-state index in [4.69, 9.17) is 9.47 Å². The zero-order valence-corrected chi connectivity index (χ0v) is 23.4. The Kier molecular flexibility index (Phi) is 9.45. The van der Waals surface area contributed by atoms with Crippen molar-refractivity contribution in [3.8, 4) is 5.75 Å². The van der Waals surface area contributed by atoms with Gasteiger partial charge in [-0.3, -0.25) is 14.5 Å². The first kappa shape index (κ1) is 28.4. The predicted octanol–water partition coefficient (Wildman–Crippen LogP) is 4.80. The van der Waals surface area contributed by atoms with Gasteiger partial charge in [-0.25, -0.2) is 4.79 Å². The van der Waals surface area contributed by atoms with E-state index in [1.807, 2.05) is 48.2 Å². The van der Waals surface area contributed by atoms with Crippen molar-refractivity contribution in [1.82, 2.24) is 9.80 Å². The Bertz CT molecular complexity index is 1180. The van der Waals surface area contributed by atoms with E-state index in [2.05, 4.69) is 22.6 Å². The van der Waals surface area contributed by atoms with Gasteiger partial charge in [0.1, 0.15) is 5.75 Å². The van der Waals surface area contributed by atoms with E-state index in [9.17, 15) is 14.4 Å². The summed E-state index contributed by atoms with van der Waals surface area (Å²) in [5.74, 6) is 0.449. The number of aryl methyl sites for hydroxylation is 1. The van der Waals surface area contributed by atoms with Crippen LogP contribution >= 0.6 is 0 Å². The van der Waals surface area contributed by atoms with Gasteiger partial charge in [0.25, 0.3) is 0 Å². The highest BCUT2D eigenvalue weighted by molar-refractivity contribution is 6.01. The fourth-order valence-electron chi connectivity index (χ4n) is 5.81. The molecular formula is C30H40N4O5. The fraction of sp³-hybridized carbons (Fsp3) is 0.500. The number of carbonyl (C=O) groups excluding carboxylic acids is 3. The van der Waals surface area contributed by atoms with E-state index >= 15 is 0 Å². The van der Waals surface area contributed by atoms with Crippen LogP contribution in [0.4, 0.5) is 16.2 Å². The standard InChI is InChI=1S/C30H40N4O5/c1-20-8-5-6-9-24(20)31-30(37)32-25-16-11-21(18-26(25)38-3)19-28(35)34-17-7-10-27(34)33(2)23-14-12-22(13-15-23)29(36)39-4/h5-6,8-9,11,16,18,22-23,27H,7,10,12-15,17,19H2,1-4H3,(H2,31,32,37)/t22-,23+,27?. The Balaban J connectivity index is 1.35. The molecular weight excluding hydrogens is 496 g/mol. The average Bonchev–Trinajstić information content (AvgIpc) is 3.44. The zero-order chi connectivity index (χ0) is 27.9. The number of ether oxygens (including phenoxy) is 2. The molecule has 1 saturated heterocycles.